The van der Waals surface area contributed by atoms with Crippen molar-refractivity contribution >= 4 is 23.7 Å². The van der Waals surface area contributed by atoms with Crippen LogP contribution in [0.1, 0.15) is 24.0 Å². The van der Waals surface area contributed by atoms with Crippen LogP contribution in [0.4, 0.5) is 5.69 Å². The van der Waals surface area contributed by atoms with E-state index in [0.29, 0.717) is 22.8 Å². The zero-order valence-corrected chi connectivity index (χ0v) is 16.9. The molecule has 29 heavy (non-hydrogen) atoms. The van der Waals surface area contributed by atoms with Crippen molar-refractivity contribution in [3.63, 3.8) is 0 Å². The van der Waals surface area contributed by atoms with Crippen LogP contribution < -0.4 is 25.0 Å². The first-order valence-electron chi connectivity index (χ1n) is 8.96. The van der Waals surface area contributed by atoms with E-state index in [-0.39, 0.29) is 24.7 Å². The Morgan fingerprint density at radius 1 is 0.966 bits per heavy atom. The minimum atomic E-state index is -0.367. The molecule has 2 rings (SSSR count). The third kappa shape index (κ3) is 6.24. The molecule has 0 fully saturated rings. The second kappa shape index (κ2) is 10.7. The Balaban J connectivity index is 1.88. The number of amides is 2. The van der Waals surface area contributed by atoms with E-state index in [1.807, 2.05) is 31.2 Å². The molecular formula is C21H25N3O5. The number of aryl methyl sites for hydroxylation is 1. The molecule has 0 unspecified atom stereocenters. The number of hydrogen-bond acceptors (Lipinski definition) is 6. The zero-order chi connectivity index (χ0) is 21.2. The monoisotopic (exact) mass is 399 g/mol. The predicted octanol–water partition coefficient (Wildman–Crippen LogP) is 2.89. The van der Waals surface area contributed by atoms with Crippen LogP contribution in [-0.4, -0.2) is 39.4 Å². The molecule has 8 heteroatoms. The number of methoxy groups -OCH3 is 3. The van der Waals surface area contributed by atoms with Gasteiger partial charge in [-0.05, 0) is 30.7 Å². The summed E-state index contributed by atoms with van der Waals surface area (Å²) in [5.41, 5.74) is 4.75. The van der Waals surface area contributed by atoms with Gasteiger partial charge in [0.2, 0.25) is 17.6 Å². The molecule has 0 heterocycles. The molecule has 2 amide bonds. The summed E-state index contributed by atoms with van der Waals surface area (Å²) in [5, 5.41) is 6.70. The van der Waals surface area contributed by atoms with Gasteiger partial charge in [-0.1, -0.05) is 18.2 Å². The Hall–Kier alpha value is -3.55. The van der Waals surface area contributed by atoms with Crippen LogP contribution in [0.25, 0.3) is 0 Å². The van der Waals surface area contributed by atoms with Crippen LogP contribution in [0.2, 0.25) is 0 Å². The van der Waals surface area contributed by atoms with E-state index in [1.54, 1.807) is 12.1 Å². The molecule has 0 aliphatic carbocycles. The van der Waals surface area contributed by atoms with Crippen LogP contribution in [0.3, 0.4) is 0 Å². The third-order valence-corrected chi connectivity index (χ3v) is 4.09. The lowest BCUT2D eigenvalue weighted by Gasteiger charge is -2.12. The lowest BCUT2D eigenvalue weighted by Crippen LogP contribution is -2.20. The Kier molecular flexibility index (Phi) is 8.02. The summed E-state index contributed by atoms with van der Waals surface area (Å²) in [4.78, 5) is 23.9. The Labute approximate surface area is 169 Å². The summed E-state index contributed by atoms with van der Waals surface area (Å²) in [7, 11) is 4.55. The number of nitrogens with one attached hydrogen (secondary N) is 2. The highest BCUT2D eigenvalue weighted by atomic mass is 16.5. The van der Waals surface area contributed by atoms with Crippen LogP contribution >= 0.6 is 0 Å². The quantitative estimate of drug-likeness (QED) is 0.499. The van der Waals surface area contributed by atoms with E-state index in [1.165, 1.54) is 27.5 Å². The smallest absolute Gasteiger partial charge is 0.240 e. The van der Waals surface area contributed by atoms with Gasteiger partial charge in [-0.3, -0.25) is 9.59 Å². The summed E-state index contributed by atoms with van der Waals surface area (Å²) in [6, 6.07) is 10.9. The summed E-state index contributed by atoms with van der Waals surface area (Å²) >= 11 is 0. The van der Waals surface area contributed by atoms with Gasteiger partial charge in [-0.2, -0.15) is 5.10 Å². The van der Waals surface area contributed by atoms with E-state index >= 15 is 0 Å². The lowest BCUT2D eigenvalue weighted by atomic mass is 10.2. The molecule has 0 aliphatic rings. The minimum absolute atomic E-state index is 0.0182. The number of nitrogens with zero attached hydrogens (tertiary/aromatic N) is 1. The van der Waals surface area contributed by atoms with Gasteiger partial charge in [0, 0.05) is 24.1 Å². The summed E-state index contributed by atoms with van der Waals surface area (Å²) < 4.78 is 15.8. The molecule has 0 spiro atoms. The van der Waals surface area contributed by atoms with Crippen molar-refractivity contribution in [1.29, 1.82) is 0 Å². The number of carbonyl (C=O) groups is 2. The van der Waals surface area contributed by atoms with Crippen molar-refractivity contribution in [2.45, 2.75) is 19.8 Å². The number of para-hydroxylation sites is 1. The van der Waals surface area contributed by atoms with Crippen molar-refractivity contribution in [1.82, 2.24) is 5.43 Å². The van der Waals surface area contributed by atoms with Crippen LogP contribution in [0, 0.1) is 6.92 Å². The molecule has 0 aromatic heterocycles. The van der Waals surface area contributed by atoms with Crippen molar-refractivity contribution in [3.8, 4) is 17.2 Å². The topological polar surface area (TPSA) is 98.2 Å². The Morgan fingerprint density at radius 2 is 1.59 bits per heavy atom. The number of carbonyl (C=O) groups excluding carboxylic acids is 2. The average Bonchev–Trinajstić information content (AvgIpc) is 2.73. The normalized spacial score (nSPS) is 10.5. The fraction of sp³-hybridized carbons (Fsp3) is 0.286. The maximum absolute atomic E-state index is 12.0. The second-order valence-electron chi connectivity index (χ2n) is 6.11. The molecule has 2 aromatic carbocycles. The lowest BCUT2D eigenvalue weighted by molar-refractivity contribution is -0.124. The summed E-state index contributed by atoms with van der Waals surface area (Å²) in [5.74, 6) is 0.826. The number of benzene rings is 2. The van der Waals surface area contributed by atoms with Gasteiger partial charge in [0.15, 0.2) is 11.5 Å². The maximum Gasteiger partial charge on any atom is 0.240 e. The van der Waals surface area contributed by atoms with E-state index in [4.69, 9.17) is 14.2 Å². The van der Waals surface area contributed by atoms with Gasteiger partial charge in [0.1, 0.15) is 0 Å². The standard InChI is InChI=1S/C21H25N3O5/c1-14-7-5-6-8-16(14)23-19(25)9-10-20(26)24-22-13-15-11-17(27-2)21(29-4)18(12-15)28-3/h5-8,11-13H,9-10H2,1-4H3,(H,23,25)(H,24,26). The Bertz CT molecular complexity index is 871. The van der Waals surface area contributed by atoms with Crippen molar-refractivity contribution in [3.05, 3.63) is 47.5 Å². The molecule has 2 N–H and O–H groups in total. The highest BCUT2D eigenvalue weighted by molar-refractivity contribution is 5.94. The first kappa shape index (κ1) is 21.7. The van der Waals surface area contributed by atoms with Gasteiger partial charge < -0.3 is 19.5 Å². The molecule has 0 atom stereocenters. The van der Waals surface area contributed by atoms with Crippen molar-refractivity contribution in [2.75, 3.05) is 26.6 Å². The van der Waals surface area contributed by atoms with Crippen LogP contribution in [0.15, 0.2) is 41.5 Å². The van der Waals surface area contributed by atoms with Gasteiger partial charge in [0.25, 0.3) is 0 Å². The molecule has 0 radical (unpaired) electrons. The molecular weight excluding hydrogens is 374 g/mol. The van der Waals surface area contributed by atoms with E-state index in [9.17, 15) is 9.59 Å². The largest absolute Gasteiger partial charge is 0.493 e. The van der Waals surface area contributed by atoms with E-state index in [0.717, 1.165) is 11.3 Å². The molecule has 154 valence electrons. The number of ether oxygens (including phenoxy) is 3. The minimum Gasteiger partial charge on any atom is -0.493 e. The highest BCUT2D eigenvalue weighted by Crippen LogP contribution is 2.37. The zero-order valence-electron chi connectivity index (χ0n) is 16.9. The molecule has 0 aliphatic heterocycles. The van der Waals surface area contributed by atoms with Crippen LogP contribution in [-0.2, 0) is 9.59 Å². The summed E-state index contributed by atoms with van der Waals surface area (Å²) in [6.07, 6.45) is 1.53. The summed E-state index contributed by atoms with van der Waals surface area (Å²) in [6.45, 7) is 1.90. The fourth-order valence-electron chi connectivity index (χ4n) is 2.56. The van der Waals surface area contributed by atoms with Gasteiger partial charge in [-0.25, -0.2) is 5.43 Å². The molecule has 0 saturated heterocycles. The van der Waals surface area contributed by atoms with Crippen molar-refractivity contribution in [2.24, 2.45) is 5.10 Å². The molecule has 0 bridgehead atoms. The third-order valence-electron chi connectivity index (χ3n) is 4.09. The number of anilines is 1. The Morgan fingerprint density at radius 3 is 2.17 bits per heavy atom. The average molecular weight is 399 g/mol. The molecule has 2 aromatic rings. The molecule has 8 nitrogen and oxygen atoms in total. The second-order valence-corrected chi connectivity index (χ2v) is 6.11. The number of rotatable bonds is 9. The van der Waals surface area contributed by atoms with Gasteiger partial charge in [-0.15, -0.1) is 0 Å². The first-order chi connectivity index (χ1) is 14.0. The number of hydrogen-bond donors (Lipinski definition) is 2. The van der Waals surface area contributed by atoms with Crippen LogP contribution in [0.5, 0.6) is 17.2 Å². The van der Waals surface area contributed by atoms with Gasteiger partial charge in [0.05, 0.1) is 27.5 Å². The SMILES string of the molecule is COc1cc(C=NNC(=O)CCC(=O)Nc2ccccc2C)cc(OC)c1OC. The molecule has 0 saturated carbocycles. The van der Waals surface area contributed by atoms with Crippen molar-refractivity contribution < 1.29 is 23.8 Å². The van der Waals surface area contributed by atoms with Gasteiger partial charge >= 0.3 is 0 Å². The predicted molar refractivity (Wildman–Crippen MR) is 111 cm³/mol. The fourth-order valence-corrected chi connectivity index (χ4v) is 2.56. The highest BCUT2D eigenvalue weighted by Gasteiger charge is 2.12. The van der Waals surface area contributed by atoms with E-state index < -0.39 is 0 Å². The van der Waals surface area contributed by atoms with E-state index in [2.05, 4.69) is 15.8 Å². The maximum atomic E-state index is 12.0. The first-order valence-corrected chi connectivity index (χ1v) is 8.96. The number of hydrazone groups is 1.